The van der Waals surface area contributed by atoms with E-state index in [9.17, 15) is 4.79 Å². The molecule has 0 fully saturated rings. The Kier molecular flexibility index (Phi) is 6.20. The summed E-state index contributed by atoms with van der Waals surface area (Å²) < 4.78 is 13.5. The highest BCUT2D eigenvalue weighted by Gasteiger charge is 2.16. The van der Waals surface area contributed by atoms with Crippen molar-refractivity contribution in [2.75, 3.05) is 14.2 Å². The summed E-state index contributed by atoms with van der Waals surface area (Å²) in [6.45, 7) is 0. The highest BCUT2D eigenvalue weighted by molar-refractivity contribution is 9.13. The van der Waals surface area contributed by atoms with E-state index in [4.69, 9.17) is 14.5 Å². The molecule has 0 saturated heterocycles. The Balaban J connectivity index is 1.93. The molecule has 31 heavy (non-hydrogen) atoms. The van der Waals surface area contributed by atoms with Crippen molar-refractivity contribution in [3.8, 4) is 22.9 Å². The van der Waals surface area contributed by atoms with E-state index in [1.807, 2.05) is 48.5 Å². The molecule has 0 saturated carbocycles. The average molecular weight is 543 g/mol. The highest BCUT2D eigenvalue weighted by Crippen LogP contribution is 2.42. The van der Waals surface area contributed by atoms with Crippen molar-refractivity contribution in [3.63, 3.8) is 0 Å². The van der Waals surface area contributed by atoms with Crippen LogP contribution < -0.4 is 15.0 Å². The molecule has 0 spiro atoms. The maximum Gasteiger partial charge on any atom is 0.282 e. The van der Waals surface area contributed by atoms with Crippen molar-refractivity contribution in [1.82, 2.24) is 9.66 Å². The Morgan fingerprint density at radius 2 is 1.68 bits per heavy atom. The van der Waals surface area contributed by atoms with Gasteiger partial charge in [0, 0.05) is 15.6 Å². The fourth-order valence-corrected chi connectivity index (χ4v) is 4.15. The second-order valence-corrected chi connectivity index (χ2v) is 8.10. The van der Waals surface area contributed by atoms with Crippen LogP contribution in [0.4, 0.5) is 0 Å². The van der Waals surface area contributed by atoms with E-state index in [0.717, 1.165) is 10.0 Å². The fourth-order valence-electron chi connectivity index (χ4n) is 3.17. The lowest BCUT2D eigenvalue weighted by Crippen LogP contribution is -2.20. The van der Waals surface area contributed by atoms with Crippen molar-refractivity contribution < 1.29 is 9.47 Å². The molecule has 0 bridgehead atoms. The summed E-state index contributed by atoms with van der Waals surface area (Å²) in [5.41, 5.74) is 1.85. The zero-order valence-electron chi connectivity index (χ0n) is 16.7. The third-order valence-corrected chi connectivity index (χ3v) is 6.82. The molecule has 1 aromatic heterocycles. The average Bonchev–Trinajstić information content (AvgIpc) is 2.81. The van der Waals surface area contributed by atoms with Gasteiger partial charge in [-0.05, 0) is 50.1 Å². The number of hydrogen-bond acceptors (Lipinski definition) is 5. The number of ether oxygens (including phenoxy) is 2. The first kappa shape index (κ1) is 21.3. The first-order chi connectivity index (χ1) is 15.0. The van der Waals surface area contributed by atoms with Gasteiger partial charge in [-0.25, -0.2) is 4.98 Å². The first-order valence-corrected chi connectivity index (χ1v) is 10.8. The van der Waals surface area contributed by atoms with E-state index in [1.165, 1.54) is 4.68 Å². The van der Waals surface area contributed by atoms with Gasteiger partial charge >= 0.3 is 0 Å². The van der Waals surface area contributed by atoms with Crippen molar-refractivity contribution in [2.24, 2.45) is 5.10 Å². The zero-order valence-corrected chi connectivity index (χ0v) is 19.8. The van der Waals surface area contributed by atoms with Crippen molar-refractivity contribution >= 4 is 49.0 Å². The molecule has 0 aliphatic heterocycles. The van der Waals surface area contributed by atoms with Gasteiger partial charge in [0.1, 0.15) is 0 Å². The van der Waals surface area contributed by atoms with Crippen LogP contribution in [0.25, 0.3) is 22.3 Å². The van der Waals surface area contributed by atoms with Gasteiger partial charge in [-0.3, -0.25) is 4.79 Å². The Bertz CT molecular complexity index is 1350. The molecule has 0 amide bonds. The number of benzene rings is 3. The van der Waals surface area contributed by atoms with Gasteiger partial charge < -0.3 is 9.47 Å². The van der Waals surface area contributed by atoms with Crippen LogP contribution in [-0.4, -0.2) is 30.1 Å². The molecule has 4 rings (SSSR count). The number of aromatic nitrogens is 2. The molecule has 0 atom stereocenters. The number of para-hydroxylation sites is 1. The van der Waals surface area contributed by atoms with Gasteiger partial charge in [0.05, 0.1) is 35.8 Å². The molecule has 8 heteroatoms. The predicted octanol–water partition coefficient (Wildman–Crippen LogP) is 5.49. The molecule has 6 nitrogen and oxygen atoms in total. The molecular formula is C23H17Br2N3O3. The number of nitrogens with zero attached hydrogens (tertiary/aromatic N) is 3. The van der Waals surface area contributed by atoms with E-state index in [-0.39, 0.29) is 5.56 Å². The monoisotopic (exact) mass is 541 g/mol. The quantitative estimate of drug-likeness (QED) is 0.313. The minimum absolute atomic E-state index is 0.253. The van der Waals surface area contributed by atoms with Crippen LogP contribution in [0.1, 0.15) is 5.56 Å². The zero-order chi connectivity index (χ0) is 22.0. The lowest BCUT2D eigenvalue weighted by Gasteiger charge is -2.13. The lowest BCUT2D eigenvalue weighted by atomic mass is 10.2. The van der Waals surface area contributed by atoms with Gasteiger partial charge in [0.2, 0.25) is 0 Å². The number of hydrogen-bond donors (Lipinski definition) is 0. The molecule has 3 aromatic carbocycles. The molecule has 156 valence electrons. The Morgan fingerprint density at radius 1 is 0.968 bits per heavy atom. The molecule has 0 N–H and O–H groups in total. The molecule has 0 radical (unpaired) electrons. The van der Waals surface area contributed by atoms with Crippen LogP contribution in [0.5, 0.6) is 11.5 Å². The van der Waals surface area contributed by atoms with Crippen molar-refractivity contribution in [3.05, 3.63) is 85.5 Å². The smallest absolute Gasteiger partial charge is 0.282 e. The van der Waals surface area contributed by atoms with E-state index in [1.54, 1.807) is 32.6 Å². The minimum Gasteiger partial charge on any atom is -0.493 e. The number of halogens is 2. The topological polar surface area (TPSA) is 65.7 Å². The van der Waals surface area contributed by atoms with E-state index >= 15 is 0 Å². The SMILES string of the molecule is COc1cc(C=Nn2c(-c3ccccc3)nc3ccccc3c2=O)c(Br)c(Br)c1OC. The van der Waals surface area contributed by atoms with E-state index < -0.39 is 0 Å². The molecule has 0 aliphatic carbocycles. The van der Waals surface area contributed by atoms with Crippen molar-refractivity contribution in [1.29, 1.82) is 0 Å². The summed E-state index contributed by atoms with van der Waals surface area (Å²) in [5.74, 6) is 1.54. The first-order valence-electron chi connectivity index (χ1n) is 9.26. The van der Waals surface area contributed by atoms with Gasteiger partial charge in [-0.2, -0.15) is 9.78 Å². The number of fused-ring (bicyclic) bond motifs is 1. The van der Waals surface area contributed by atoms with Gasteiger partial charge in [-0.15, -0.1) is 0 Å². The summed E-state index contributed by atoms with van der Waals surface area (Å²) in [5, 5.41) is 5.00. The van der Waals surface area contributed by atoms with Crippen LogP contribution in [0.2, 0.25) is 0 Å². The van der Waals surface area contributed by atoms with Crippen molar-refractivity contribution in [2.45, 2.75) is 0 Å². The molecule has 1 heterocycles. The Labute approximate surface area is 195 Å². The maximum absolute atomic E-state index is 13.3. The van der Waals surface area contributed by atoms with E-state index in [0.29, 0.717) is 38.3 Å². The second-order valence-electron chi connectivity index (χ2n) is 6.51. The summed E-state index contributed by atoms with van der Waals surface area (Å²) in [6, 6.07) is 18.5. The minimum atomic E-state index is -0.253. The summed E-state index contributed by atoms with van der Waals surface area (Å²) in [7, 11) is 3.12. The van der Waals surface area contributed by atoms with Crippen LogP contribution >= 0.6 is 31.9 Å². The van der Waals surface area contributed by atoms with Crippen LogP contribution in [0, 0.1) is 0 Å². The third-order valence-electron chi connectivity index (χ3n) is 4.68. The largest absolute Gasteiger partial charge is 0.493 e. The molecule has 4 aromatic rings. The highest BCUT2D eigenvalue weighted by atomic mass is 79.9. The Morgan fingerprint density at radius 3 is 2.39 bits per heavy atom. The summed E-state index contributed by atoms with van der Waals surface area (Å²) in [6.07, 6.45) is 1.58. The Hall–Kier alpha value is -2.97. The van der Waals surface area contributed by atoms with Crippen LogP contribution in [-0.2, 0) is 0 Å². The maximum atomic E-state index is 13.3. The van der Waals surface area contributed by atoms with Gasteiger partial charge in [0.25, 0.3) is 5.56 Å². The van der Waals surface area contributed by atoms with Crippen LogP contribution in [0.15, 0.2) is 79.5 Å². The van der Waals surface area contributed by atoms with E-state index in [2.05, 4.69) is 37.0 Å². The number of methoxy groups -OCH3 is 2. The predicted molar refractivity (Wildman–Crippen MR) is 129 cm³/mol. The van der Waals surface area contributed by atoms with Gasteiger partial charge in [0.15, 0.2) is 17.3 Å². The normalized spacial score (nSPS) is 11.2. The molecule has 0 aliphatic rings. The van der Waals surface area contributed by atoms with Crippen LogP contribution in [0.3, 0.4) is 0 Å². The number of rotatable bonds is 5. The molecule has 0 unspecified atom stereocenters. The summed E-state index contributed by atoms with van der Waals surface area (Å²) in [4.78, 5) is 18.0. The fraction of sp³-hybridized carbons (Fsp3) is 0.0870. The summed E-state index contributed by atoms with van der Waals surface area (Å²) >= 11 is 7.07. The standard InChI is InChI=1S/C23H17Br2N3O3/c1-30-18-12-15(19(24)20(25)21(18)31-2)13-26-28-22(14-8-4-3-5-9-14)27-17-11-7-6-10-16(17)23(28)29/h3-13H,1-2H3. The molecular weight excluding hydrogens is 526 g/mol. The van der Waals surface area contributed by atoms with Gasteiger partial charge in [-0.1, -0.05) is 42.5 Å². The second kappa shape index (κ2) is 9.03. The lowest BCUT2D eigenvalue weighted by molar-refractivity contribution is 0.353. The third kappa shape index (κ3) is 4.00.